The van der Waals surface area contributed by atoms with Gasteiger partial charge in [0.25, 0.3) is 0 Å². The van der Waals surface area contributed by atoms with Crippen molar-refractivity contribution >= 4 is 11.5 Å². The van der Waals surface area contributed by atoms with Crippen LogP contribution in [0.4, 0.5) is 0 Å². The fraction of sp³-hybridized carbons (Fsp3) is 0.579. The first-order valence-corrected chi connectivity index (χ1v) is 8.90. The number of carbonyl (C=O) groups excluding carboxylic acids is 1. The van der Waals surface area contributed by atoms with Crippen LogP contribution in [0.25, 0.3) is 5.52 Å². The van der Waals surface area contributed by atoms with Crippen molar-refractivity contribution in [3.05, 3.63) is 34.6 Å². The third-order valence-electron chi connectivity index (χ3n) is 4.83. The lowest BCUT2D eigenvalue weighted by atomic mass is 9.89. The van der Waals surface area contributed by atoms with E-state index in [-0.39, 0.29) is 5.97 Å². The zero-order valence-electron chi connectivity index (χ0n) is 14.8. The van der Waals surface area contributed by atoms with Gasteiger partial charge in [-0.3, -0.25) is 0 Å². The number of nitrogens with zero attached hydrogens (tertiary/aromatic N) is 2. The molecule has 130 valence electrons. The number of ether oxygens (including phenoxy) is 2. The van der Waals surface area contributed by atoms with Crippen LogP contribution in [0, 0.1) is 12.8 Å². The predicted octanol–water partition coefficient (Wildman–Crippen LogP) is 3.35. The molecule has 3 heterocycles. The lowest BCUT2D eigenvalue weighted by Crippen LogP contribution is -2.21. The summed E-state index contributed by atoms with van der Waals surface area (Å²) < 4.78 is 12.8. The van der Waals surface area contributed by atoms with Gasteiger partial charge >= 0.3 is 5.97 Å². The van der Waals surface area contributed by atoms with Gasteiger partial charge in [0.2, 0.25) is 0 Å². The van der Waals surface area contributed by atoms with Gasteiger partial charge in [-0.25, -0.2) is 9.31 Å². The first-order valence-electron chi connectivity index (χ1n) is 8.90. The highest BCUT2D eigenvalue weighted by molar-refractivity contribution is 5.94. The Hall–Kier alpha value is -1.88. The van der Waals surface area contributed by atoms with Crippen LogP contribution >= 0.6 is 0 Å². The molecule has 0 saturated carbocycles. The van der Waals surface area contributed by atoms with E-state index in [2.05, 4.69) is 24.2 Å². The van der Waals surface area contributed by atoms with E-state index in [1.807, 2.05) is 18.4 Å². The number of carbonyl (C=O) groups is 1. The molecule has 0 bridgehead atoms. The number of esters is 1. The smallest absolute Gasteiger partial charge is 0.340 e. The summed E-state index contributed by atoms with van der Waals surface area (Å²) in [5.41, 5.74) is 4.67. The summed E-state index contributed by atoms with van der Waals surface area (Å²) in [7, 11) is 0. The van der Waals surface area contributed by atoms with Crippen LogP contribution in [0.1, 0.15) is 54.0 Å². The van der Waals surface area contributed by atoms with Crippen molar-refractivity contribution in [1.82, 2.24) is 9.61 Å². The molecule has 1 aliphatic rings. The van der Waals surface area contributed by atoms with Crippen molar-refractivity contribution in [2.75, 3.05) is 19.8 Å². The summed E-state index contributed by atoms with van der Waals surface area (Å²) in [4.78, 5) is 12.6. The molecule has 0 unspecified atom stereocenters. The molecular weight excluding hydrogens is 304 g/mol. The van der Waals surface area contributed by atoms with E-state index >= 15 is 0 Å². The minimum atomic E-state index is -0.258. The molecule has 24 heavy (non-hydrogen) atoms. The number of aromatic nitrogens is 2. The van der Waals surface area contributed by atoms with E-state index in [0.717, 1.165) is 61.4 Å². The van der Waals surface area contributed by atoms with Crippen LogP contribution in [0.2, 0.25) is 0 Å². The molecule has 2 aromatic rings. The zero-order chi connectivity index (χ0) is 17.1. The average Bonchev–Trinajstić information content (AvgIpc) is 2.98. The summed E-state index contributed by atoms with van der Waals surface area (Å²) in [5, 5.41) is 4.65. The molecule has 0 aliphatic carbocycles. The summed E-state index contributed by atoms with van der Waals surface area (Å²) >= 11 is 0. The molecular formula is C19H26N2O3. The van der Waals surface area contributed by atoms with E-state index in [9.17, 15) is 4.79 Å². The predicted molar refractivity (Wildman–Crippen MR) is 92.5 cm³/mol. The second kappa shape index (κ2) is 7.34. The number of aryl methyl sites for hydroxylation is 2. The molecule has 0 N–H and O–H groups in total. The topological polar surface area (TPSA) is 52.8 Å². The molecule has 1 saturated heterocycles. The fourth-order valence-electron chi connectivity index (χ4n) is 3.55. The van der Waals surface area contributed by atoms with E-state index in [4.69, 9.17) is 9.47 Å². The van der Waals surface area contributed by atoms with Crippen LogP contribution in [-0.4, -0.2) is 35.4 Å². The van der Waals surface area contributed by atoms with Gasteiger partial charge < -0.3 is 9.47 Å². The zero-order valence-corrected chi connectivity index (χ0v) is 14.8. The maximum Gasteiger partial charge on any atom is 0.340 e. The Bertz CT molecular complexity index is 730. The minimum Gasteiger partial charge on any atom is -0.462 e. The fourth-order valence-corrected chi connectivity index (χ4v) is 3.55. The molecule has 5 heteroatoms. The first-order chi connectivity index (χ1) is 11.7. The SMILES string of the molecule is CCOC(=O)c1c(C)nn2c(CC)ccc2c1CC1CCOCC1. The summed E-state index contributed by atoms with van der Waals surface area (Å²) in [6.45, 7) is 7.85. The second-order valence-electron chi connectivity index (χ2n) is 6.39. The normalized spacial score (nSPS) is 15.8. The lowest BCUT2D eigenvalue weighted by molar-refractivity contribution is 0.0520. The van der Waals surface area contributed by atoms with E-state index in [0.29, 0.717) is 18.1 Å². The highest BCUT2D eigenvalue weighted by atomic mass is 16.5. The lowest BCUT2D eigenvalue weighted by Gasteiger charge is -2.24. The first kappa shape index (κ1) is 17.0. The molecule has 2 aromatic heterocycles. The summed E-state index contributed by atoms with van der Waals surface area (Å²) in [5.74, 6) is 0.281. The van der Waals surface area contributed by atoms with Crippen molar-refractivity contribution in [1.29, 1.82) is 0 Å². The van der Waals surface area contributed by atoms with Crippen molar-refractivity contribution in [3.8, 4) is 0 Å². The number of hydrogen-bond acceptors (Lipinski definition) is 4. The van der Waals surface area contributed by atoms with E-state index in [1.165, 1.54) is 0 Å². The largest absolute Gasteiger partial charge is 0.462 e. The Morgan fingerprint density at radius 3 is 2.75 bits per heavy atom. The maximum atomic E-state index is 12.6. The van der Waals surface area contributed by atoms with Crippen LogP contribution in [0.5, 0.6) is 0 Å². The number of fused-ring (bicyclic) bond motifs is 1. The van der Waals surface area contributed by atoms with Gasteiger partial charge in [-0.05, 0) is 63.1 Å². The monoisotopic (exact) mass is 330 g/mol. The van der Waals surface area contributed by atoms with Crippen LogP contribution in [-0.2, 0) is 22.3 Å². The van der Waals surface area contributed by atoms with Gasteiger partial charge in [0.05, 0.1) is 23.4 Å². The van der Waals surface area contributed by atoms with Gasteiger partial charge in [-0.2, -0.15) is 5.10 Å². The molecule has 3 rings (SSSR count). The molecule has 0 radical (unpaired) electrons. The quantitative estimate of drug-likeness (QED) is 0.789. The third kappa shape index (κ3) is 3.18. The Morgan fingerprint density at radius 2 is 2.08 bits per heavy atom. The Balaban J connectivity index is 2.10. The number of hydrogen-bond donors (Lipinski definition) is 0. The average molecular weight is 330 g/mol. The molecule has 0 spiro atoms. The Morgan fingerprint density at radius 1 is 1.33 bits per heavy atom. The molecule has 1 aliphatic heterocycles. The van der Waals surface area contributed by atoms with E-state index < -0.39 is 0 Å². The van der Waals surface area contributed by atoms with E-state index in [1.54, 1.807) is 0 Å². The molecule has 5 nitrogen and oxygen atoms in total. The van der Waals surface area contributed by atoms with Gasteiger partial charge in [0.15, 0.2) is 0 Å². The summed E-state index contributed by atoms with van der Waals surface area (Å²) in [6.07, 6.45) is 3.86. The minimum absolute atomic E-state index is 0.258. The maximum absolute atomic E-state index is 12.6. The van der Waals surface area contributed by atoms with Crippen molar-refractivity contribution in [2.24, 2.45) is 5.92 Å². The van der Waals surface area contributed by atoms with Gasteiger partial charge in [0.1, 0.15) is 0 Å². The van der Waals surface area contributed by atoms with Crippen molar-refractivity contribution in [3.63, 3.8) is 0 Å². The third-order valence-corrected chi connectivity index (χ3v) is 4.83. The molecule has 1 fully saturated rings. The molecule has 0 amide bonds. The highest BCUT2D eigenvalue weighted by Gasteiger charge is 2.24. The number of rotatable bonds is 5. The van der Waals surface area contributed by atoms with Crippen LogP contribution in [0.3, 0.4) is 0 Å². The second-order valence-corrected chi connectivity index (χ2v) is 6.39. The molecule has 0 aromatic carbocycles. The van der Waals surface area contributed by atoms with Crippen LogP contribution < -0.4 is 0 Å². The van der Waals surface area contributed by atoms with Gasteiger partial charge in [-0.1, -0.05) is 6.92 Å². The standard InChI is InChI=1S/C19H26N2O3/c1-4-15-6-7-17-16(12-14-8-10-23-11-9-14)18(19(22)24-5-2)13(3)20-21(15)17/h6-7,14H,4-5,8-12H2,1-3H3. The summed E-state index contributed by atoms with van der Waals surface area (Å²) in [6, 6.07) is 4.19. The Kier molecular flexibility index (Phi) is 5.19. The van der Waals surface area contributed by atoms with Gasteiger partial charge in [0, 0.05) is 18.9 Å². The Labute approximate surface area is 142 Å². The molecule has 0 atom stereocenters. The highest BCUT2D eigenvalue weighted by Crippen LogP contribution is 2.28. The van der Waals surface area contributed by atoms with Gasteiger partial charge in [-0.15, -0.1) is 0 Å². The van der Waals surface area contributed by atoms with Crippen molar-refractivity contribution in [2.45, 2.75) is 46.5 Å². The van der Waals surface area contributed by atoms with Crippen LogP contribution in [0.15, 0.2) is 12.1 Å². The van der Waals surface area contributed by atoms with Crippen molar-refractivity contribution < 1.29 is 14.3 Å².